The van der Waals surface area contributed by atoms with Crippen molar-refractivity contribution in [2.75, 3.05) is 4.90 Å². The number of rotatable bonds is 7. The fourth-order valence-electron chi connectivity index (χ4n) is 8.39. The molecule has 2 heterocycles. The Morgan fingerprint density at radius 2 is 1.09 bits per heavy atom. The van der Waals surface area contributed by atoms with Crippen LogP contribution >= 0.6 is 0 Å². The van der Waals surface area contributed by atoms with Crippen molar-refractivity contribution in [1.82, 2.24) is 9.55 Å². The molecule has 0 aliphatic rings. The van der Waals surface area contributed by atoms with Gasteiger partial charge in [0.1, 0.15) is 5.52 Å². The Labute approximate surface area is 330 Å². The average molecular weight is 730 g/mol. The first-order valence-electron chi connectivity index (χ1n) is 19.3. The van der Waals surface area contributed by atoms with Crippen LogP contribution in [0.5, 0.6) is 0 Å². The van der Waals surface area contributed by atoms with Crippen LogP contribution in [0.3, 0.4) is 0 Å². The molecule has 2 aromatic heterocycles. The third-order valence-electron chi connectivity index (χ3n) is 11.0. The third kappa shape index (κ3) is 5.58. The topological polar surface area (TPSA) is 34.2 Å². The highest BCUT2D eigenvalue weighted by atomic mass is 16.3. The molecule has 4 nitrogen and oxygen atoms in total. The predicted octanol–water partition coefficient (Wildman–Crippen LogP) is 14.5. The minimum Gasteiger partial charge on any atom is -0.435 e. The molecule has 0 saturated heterocycles. The zero-order valence-corrected chi connectivity index (χ0v) is 31.0. The van der Waals surface area contributed by atoms with Gasteiger partial charge in [0, 0.05) is 44.3 Å². The number of hydrogen-bond donors (Lipinski definition) is 0. The Hall–Kier alpha value is -7.69. The van der Waals surface area contributed by atoms with Crippen LogP contribution in [0.1, 0.15) is 0 Å². The van der Waals surface area contributed by atoms with Gasteiger partial charge < -0.3 is 13.9 Å². The van der Waals surface area contributed by atoms with Crippen molar-refractivity contribution in [2.45, 2.75) is 0 Å². The molecule has 268 valence electrons. The molecule has 0 amide bonds. The lowest BCUT2D eigenvalue weighted by Crippen LogP contribution is -2.10. The smallest absolute Gasteiger partial charge is 0.227 e. The fraction of sp³-hybridized carbons (Fsp3) is 0. The van der Waals surface area contributed by atoms with Crippen LogP contribution in [0, 0.1) is 0 Å². The Balaban J connectivity index is 1.13. The minimum absolute atomic E-state index is 0.621. The fourth-order valence-corrected chi connectivity index (χ4v) is 8.39. The van der Waals surface area contributed by atoms with E-state index in [9.17, 15) is 0 Å². The summed E-state index contributed by atoms with van der Waals surface area (Å²) in [6.45, 7) is 0. The maximum Gasteiger partial charge on any atom is 0.227 e. The first-order valence-corrected chi connectivity index (χ1v) is 19.3. The second-order valence-electron chi connectivity index (χ2n) is 14.4. The van der Waals surface area contributed by atoms with Gasteiger partial charge in [-0.05, 0) is 88.8 Å². The lowest BCUT2D eigenvalue weighted by Gasteiger charge is -2.27. The zero-order chi connectivity index (χ0) is 37.7. The monoisotopic (exact) mass is 729 g/mol. The number of para-hydroxylation sites is 3. The summed E-state index contributed by atoms with van der Waals surface area (Å²) in [7, 11) is 0. The van der Waals surface area contributed by atoms with Crippen LogP contribution in [0.2, 0.25) is 0 Å². The van der Waals surface area contributed by atoms with E-state index in [4.69, 9.17) is 9.40 Å². The van der Waals surface area contributed by atoms with E-state index in [1.54, 1.807) is 0 Å². The van der Waals surface area contributed by atoms with Crippen LogP contribution < -0.4 is 4.90 Å². The van der Waals surface area contributed by atoms with Crippen molar-refractivity contribution in [3.05, 3.63) is 212 Å². The highest BCUT2D eigenvalue weighted by Crippen LogP contribution is 2.47. The third-order valence-corrected chi connectivity index (χ3v) is 11.0. The van der Waals surface area contributed by atoms with E-state index < -0.39 is 0 Å². The SMILES string of the molecule is c1ccc(-c2cccc(-n3c4ccccc4c4c(N(c5ccccc5)c5ccc(-c6cccc7nc(-c8ccccc8)oc67)cc5)cc5ccccc5c43)c2)cc1. The Bertz CT molecular complexity index is 3220. The second-order valence-corrected chi connectivity index (χ2v) is 14.4. The van der Waals surface area contributed by atoms with E-state index in [0.717, 1.165) is 56.1 Å². The standard InChI is InChI=1S/C53H35N3O/c1-4-16-36(17-5-1)39-21-14-24-43(34-39)56-48-29-13-12-26-46(48)50-49(35-40-20-10-11-25-44(40)51(50)56)55(41-22-8-3-9-23-41)42-32-30-37(31-33-42)45-27-15-28-47-52(45)57-53(54-47)38-18-6-2-7-19-38/h1-35H. The van der Waals surface area contributed by atoms with Crippen LogP contribution in [-0.4, -0.2) is 9.55 Å². The number of oxazole rings is 1. The van der Waals surface area contributed by atoms with E-state index in [2.05, 4.69) is 185 Å². The van der Waals surface area contributed by atoms with Crippen LogP contribution in [0.4, 0.5) is 17.1 Å². The normalized spacial score (nSPS) is 11.5. The molecule has 0 spiro atoms. The molecule has 0 fully saturated rings. The first-order chi connectivity index (χ1) is 28.3. The molecule has 0 saturated carbocycles. The molecule has 0 radical (unpaired) electrons. The minimum atomic E-state index is 0.621. The molecular weight excluding hydrogens is 695 g/mol. The summed E-state index contributed by atoms with van der Waals surface area (Å²) in [5.74, 6) is 0.621. The quantitative estimate of drug-likeness (QED) is 0.164. The summed E-state index contributed by atoms with van der Waals surface area (Å²) in [6.07, 6.45) is 0. The van der Waals surface area contributed by atoms with Crippen LogP contribution in [0.25, 0.3) is 83.1 Å². The number of nitrogens with zero attached hydrogens (tertiary/aromatic N) is 3. The Morgan fingerprint density at radius 3 is 1.88 bits per heavy atom. The zero-order valence-electron chi connectivity index (χ0n) is 31.0. The summed E-state index contributed by atoms with van der Waals surface area (Å²) in [6, 6.07) is 75.2. The summed E-state index contributed by atoms with van der Waals surface area (Å²) >= 11 is 0. The molecule has 0 unspecified atom stereocenters. The van der Waals surface area contributed by atoms with E-state index in [1.165, 1.54) is 38.2 Å². The second kappa shape index (κ2) is 13.6. The molecule has 9 aromatic carbocycles. The Kier molecular flexibility index (Phi) is 7.78. The maximum absolute atomic E-state index is 6.43. The molecule has 0 bridgehead atoms. The highest BCUT2D eigenvalue weighted by Gasteiger charge is 2.24. The van der Waals surface area contributed by atoms with Gasteiger partial charge in [-0.25, -0.2) is 4.98 Å². The van der Waals surface area contributed by atoms with E-state index >= 15 is 0 Å². The van der Waals surface area contributed by atoms with Crippen molar-refractivity contribution in [1.29, 1.82) is 0 Å². The summed E-state index contributed by atoms with van der Waals surface area (Å²) in [5.41, 5.74) is 13.7. The van der Waals surface area contributed by atoms with Gasteiger partial charge in [-0.3, -0.25) is 0 Å². The molecule has 4 heteroatoms. The molecular formula is C53H35N3O. The van der Waals surface area contributed by atoms with Gasteiger partial charge in [0.05, 0.1) is 16.7 Å². The van der Waals surface area contributed by atoms with Crippen molar-refractivity contribution >= 4 is 60.7 Å². The predicted molar refractivity (Wildman–Crippen MR) is 237 cm³/mol. The molecule has 11 aromatic rings. The molecule has 0 aliphatic carbocycles. The van der Waals surface area contributed by atoms with Gasteiger partial charge in [0.25, 0.3) is 0 Å². The number of hydrogen-bond acceptors (Lipinski definition) is 3. The maximum atomic E-state index is 6.43. The lowest BCUT2D eigenvalue weighted by atomic mass is 10.0. The number of fused-ring (bicyclic) bond motifs is 6. The van der Waals surface area contributed by atoms with Gasteiger partial charge in [-0.15, -0.1) is 0 Å². The van der Waals surface area contributed by atoms with E-state index in [0.29, 0.717) is 5.89 Å². The van der Waals surface area contributed by atoms with Gasteiger partial charge in [-0.2, -0.15) is 0 Å². The number of anilines is 3. The average Bonchev–Trinajstić information content (AvgIpc) is 3.89. The molecule has 11 rings (SSSR count). The summed E-state index contributed by atoms with van der Waals surface area (Å²) in [4.78, 5) is 7.24. The molecule has 0 aliphatic heterocycles. The highest BCUT2D eigenvalue weighted by molar-refractivity contribution is 6.24. The summed E-state index contributed by atoms with van der Waals surface area (Å²) < 4.78 is 8.89. The van der Waals surface area contributed by atoms with Crippen molar-refractivity contribution in [3.8, 4) is 39.4 Å². The van der Waals surface area contributed by atoms with Gasteiger partial charge in [-0.1, -0.05) is 146 Å². The van der Waals surface area contributed by atoms with Crippen molar-refractivity contribution in [2.24, 2.45) is 0 Å². The van der Waals surface area contributed by atoms with Crippen molar-refractivity contribution in [3.63, 3.8) is 0 Å². The van der Waals surface area contributed by atoms with Gasteiger partial charge in [0.2, 0.25) is 5.89 Å². The number of benzene rings is 9. The summed E-state index contributed by atoms with van der Waals surface area (Å²) in [5, 5.41) is 4.77. The lowest BCUT2D eigenvalue weighted by molar-refractivity contribution is 0.621. The van der Waals surface area contributed by atoms with Crippen LogP contribution in [0.15, 0.2) is 217 Å². The molecule has 0 atom stereocenters. The largest absolute Gasteiger partial charge is 0.435 e. The van der Waals surface area contributed by atoms with E-state index in [-0.39, 0.29) is 0 Å². The molecule has 0 N–H and O–H groups in total. The van der Waals surface area contributed by atoms with Gasteiger partial charge >= 0.3 is 0 Å². The van der Waals surface area contributed by atoms with E-state index in [1.807, 2.05) is 36.4 Å². The first kappa shape index (κ1) is 32.7. The van der Waals surface area contributed by atoms with Crippen molar-refractivity contribution < 1.29 is 4.42 Å². The number of aromatic nitrogens is 2. The van der Waals surface area contributed by atoms with Crippen LogP contribution in [-0.2, 0) is 0 Å². The Morgan fingerprint density at radius 1 is 0.456 bits per heavy atom. The molecule has 57 heavy (non-hydrogen) atoms. The van der Waals surface area contributed by atoms with Gasteiger partial charge in [0.15, 0.2) is 5.58 Å².